The van der Waals surface area contributed by atoms with Crippen molar-refractivity contribution < 1.29 is 89.6 Å². The Morgan fingerprint density at radius 1 is 0.500 bits per heavy atom. The molecule has 0 rings (SSSR count). The summed E-state index contributed by atoms with van der Waals surface area (Å²) in [5, 5.41) is 0. The van der Waals surface area contributed by atoms with Crippen molar-refractivity contribution in [2.24, 2.45) is 0 Å². The molecular weight excluding hydrogens is 520 g/mol. The Bertz CT molecular complexity index is 304. The van der Waals surface area contributed by atoms with Gasteiger partial charge in [0.25, 0.3) is 0 Å². The first-order chi connectivity index (χ1) is 13.3. The Balaban J connectivity index is -0.0000000929. The Morgan fingerprint density at radius 2 is 0.600 bits per heavy atom. The molecule has 0 bridgehead atoms. The van der Waals surface area contributed by atoms with Gasteiger partial charge in [-0.2, -0.15) is 0 Å². The van der Waals surface area contributed by atoms with Crippen LogP contribution in [-0.4, -0.2) is 127 Å². The first kappa shape index (κ1) is 40.8. The minimum atomic E-state index is -3.17. The molecule has 30 heavy (non-hydrogen) atoms. The third kappa shape index (κ3) is 24.8. The summed E-state index contributed by atoms with van der Waals surface area (Å²) in [6.07, 6.45) is 0. The van der Waals surface area contributed by atoms with Crippen molar-refractivity contribution in [3.05, 3.63) is 0 Å². The molecule has 0 aromatic heterocycles. The van der Waals surface area contributed by atoms with Crippen LogP contribution in [0, 0.1) is 0 Å². The van der Waals surface area contributed by atoms with Crippen LogP contribution >= 0.6 is 0 Å². The van der Waals surface area contributed by atoms with E-state index < -0.39 is 36.3 Å². The summed E-state index contributed by atoms with van der Waals surface area (Å²) in [6.45, 7) is 0. The van der Waals surface area contributed by atoms with Crippen LogP contribution in [0.5, 0.6) is 0 Å². The maximum Gasteiger partial charge on any atom is 0.764 e. The van der Waals surface area contributed by atoms with Gasteiger partial charge in [-0.3, -0.25) is 4.46 Å². The molecule has 0 unspecified atom stereocenters. The summed E-state index contributed by atoms with van der Waals surface area (Å²) < 4.78 is 53.6. The fourth-order valence-corrected chi connectivity index (χ4v) is 2.25. The molecule has 0 fully saturated rings. The van der Waals surface area contributed by atoms with Crippen molar-refractivity contribution in [1.29, 1.82) is 0 Å². The van der Waals surface area contributed by atoms with Crippen LogP contribution in [0.3, 0.4) is 0 Å². The maximum absolute atomic E-state index is 9.33. The minimum absolute atomic E-state index is 0. The van der Waals surface area contributed by atoms with Crippen molar-refractivity contribution in [2.45, 2.75) is 0 Å². The maximum atomic E-state index is 9.33. The SMILES string of the molecule is CO[Si](=O)O.CO[Si](O)(OC)OC.CO[Si](O)(OC)OC.CO[Si](O)(OC)OC.[Ti]. The van der Waals surface area contributed by atoms with E-state index >= 15 is 0 Å². The summed E-state index contributed by atoms with van der Waals surface area (Å²) in [5.74, 6) is 0. The monoisotopic (exact) mass is 554 g/mol. The summed E-state index contributed by atoms with van der Waals surface area (Å²) in [7, 11) is 1.04. The molecule has 0 heterocycles. The summed E-state index contributed by atoms with van der Waals surface area (Å²) >= 11 is 0. The van der Waals surface area contributed by atoms with Crippen molar-refractivity contribution in [2.75, 3.05) is 71.1 Å². The zero-order chi connectivity index (χ0) is 24.1. The van der Waals surface area contributed by atoms with Crippen LogP contribution in [0.25, 0.3) is 0 Å². The largest absolute Gasteiger partial charge is 0.764 e. The van der Waals surface area contributed by atoms with Gasteiger partial charge in [0.15, 0.2) is 0 Å². The molecule has 0 aliphatic carbocycles. The molecule has 0 saturated carbocycles. The minimum Gasteiger partial charge on any atom is -0.511 e. The number of hydrogen-bond acceptors (Lipinski definition) is 14. The van der Waals surface area contributed by atoms with Crippen molar-refractivity contribution in [3.63, 3.8) is 0 Å². The van der Waals surface area contributed by atoms with E-state index in [9.17, 15) is 4.46 Å². The fourth-order valence-electron chi connectivity index (χ4n) is 0.750. The molecule has 4 N–H and O–H groups in total. The smallest absolute Gasteiger partial charge is 0.511 e. The predicted molar refractivity (Wildman–Crippen MR) is 103 cm³/mol. The van der Waals surface area contributed by atoms with Crippen LogP contribution in [0.4, 0.5) is 0 Å². The first-order valence-electron chi connectivity index (χ1n) is 7.22. The average molecular weight is 555 g/mol. The van der Waals surface area contributed by atoms with E-state index in [4.69, 9.17) is 19.2 Å². The summed E-state index contributed by atoms with van der Waals surface area (Å²) in [5.41, 5.74) is 0. The van der Waals surface area contributed by atoms with Crippen LogP contribution in [0.2, 0.25) is 0 Å². The van der Waals surface area contributed by atoms with Crippen molar-refractivity contribution in [3.8, 4) is 0 Å². The van der Waals surface area contributed by atoms with Gasteiger partial charge in [-0.05, 0) is 0 Å². The van der Waals surface area contributed by atoms with E-state index in [1.54, 1.807) is 0 Å². The standard InChI is InChI=1S/3C3H10O4Si.CH4O3Si.Ti/c3*1-5-8(4,6-2)7-3;1-4-5(2)3;/h3*4H,1-3H3;2H,1H3;. The Hall–Kier alpha value is 0.502. The quantitative estimate of drug-likeness (QED) is 0.201. The van der Waals surface area contributed by atoms with Gasteiger partial charge < -0.3 is 63.4 Å². The normalized spacial score (nSPS) is 10.7. The van der Waals surface area contributed by atoms with Gasteiger partial charge in [-0.25, -0.2) is 0 Å². The fraction of sp³-hybridized carbons (Fsp3) is 1.00. The second-order valence-electron chi connectivity index (χ2n) is 3.88. The molecule has 184 valence electrons. The van der Waals surface area contributed by atoms with E-state index in [2.05, 4.69) is 44.3 Å². The average Bonchev–Trinajstić information content (AvgIpc) is 2.78. The molecule has 15 nitrogen and oxygen atoms in total. The zero-order valence-corrected chi connectivity index (χ0v) is 24.3. The van der Waals surface area contributed by atoms with Crippen LogP contribution < -0.4 is 0 Å². The molecular formula is C10H34O15Si4Ti. The molecule has 0 aliphatic heterocycles. The van der Waals surface area contributed by atoms with Crippen LogP contribution in [-0.2, 0) is 70.4 Å². The van der Waals surface area contributed by atoms with Gasteiger partial charge in [0.2, 0.25) is 0 Å². The van der Waals surface area contributed by atoms with Crippen LogP contribution in [0.15, 0.2) is 0 Å². The van der Waals surface area contributed by atoms with Gasteiger partial charge >= 0.3 is 36.3 Å². The van der Waals surface area contributed by atoms with E-state index in [0.29, 0.717) is 0 Å². The summed E-state index contributed by atoms with van der Waals surface area (Å²) in [4.78, 5) is 34.4. The van der Waals surface area contributed by atoms with Gasteiger partial charge in [0.1, 0.15) is 0 Å². The third-order valence-electron chi connectivity index (χ3n) is 2.50. The van der Waals surface area contributed by atoms with Crippen molar-refractivity contribution >= 4 is 36.3 Å². The summed E-state index contributed by atoms with van der Waals surface area (Å²) in [6, 6.07) is 0. The second-order valence-corrected chi connectivity index (χ2v) is 11.6. The number of hydrogen-bond donors (Lipinski definition) is 4. The van der Waals surface area contributed by atoms with E-state index in [1.165, 1.54) is 71.1 Å². The number of rotatable bonds is 10. The molecule has 20 heteroatoms. The molecule has 0 aromatic carbocycles. The second kappa shape index (κ2) is 24.2. The van der Waals surface area contributed by atoms with Gasteiger partial charge in [0, 0.05) is 85.7 Å². The molecule has 0 saturated heterocycles. The van der Waals surface area contributed by atoms with Crippen LogP contribution in [0.1, 0.15) is 0 Å². The molecule has 0 atom stereocenters. The molecule has 0 radical (unpaired) electrons. The van der Waals surface area contributed by atoms with Crippen molar-refractivity contribution in [1.82, 2.24) is 0 Å². The topological polar surface area (TPSA) is 190 Å². The third-order valence-corrected chi connectivity index (χ3v) is 7.49. The van der Waals surface area contributed by atoms with Gasteiger partial charge in [-0.1, -0.05) is 0 Å². The van der Waals surface area contributed by atoms with E-state index in [1.807, 2.05) is 0 Å². The molecule has 0 amide bonds. The molecule has 0 spiro atoms. The van der Waals surface area contributed by atoms with Gasteiger partial charge in [0.05, 0.1) is 7.11 Å². The molecule has 0 aliphatic rings. The Morgan fingerprint density at radius 3 is 0.600 bits per heavy atom. The predicted octanol–water partition coefficient (Wildman–Crippen LogP) is -2.90. The first-order valence-corrected chi connectivity index (χ1v) is 13.5. The Kier molecular flexibility index (Phi) is 32.9. The van der Waals surface area contributed by atoms with E-state index in [0.717, 1.165) is 0 Å². The zero-order valence-electron chi connectivity index (χ0n) is 18.8. The van der Waals surface area contributed by atoms with E-state index in [-0.39, 0.29) is 21.7 Å². The Labute approximate surface area is 196 Å². The molecule has 0 aromatic rings. The van der Waals surface area contributed by atoms with Gasteiger partial charge in [-0.15, -0.1) is 0 Å².